The van der Waals surface area contributed by atoms with Gasteiger partial charge in [0.25, 0.3) is 0 Å². The molecule has 3 saturated carbocycles. The quantitative estimate of drug-likeness (QED) is 0.813. The van der Waals surface area contributed by atoms with Crippen LogP contribution in [0.4, 0.5) is 0 Å². The fourth-order valence-corrected chi connectivity index (χ4v) is 5.83. The van der Waals surface area contributed by atoms with Gasteiger partial charge in [0.2, 0.25) is 0 Å². The maximum Gasteiger partial charge on any atom is 0.0748 e. The zero-order valence-electron chi connectivity index (χ0n) is 11.4. The second kappa shape index (κ2) is 3.44. The average molecular weight is 254 g/mol. The third kappa shape index (κ3) is 1.25. The van der Waals surface area contributed by atoms with Crippen LogP contribution in [0.3, 0.4) is 0 Å². The molecule has 3 fully saturated rings. The van der Waals surface area contributed by atoms with Crippen molar-refractivity contribution in [1.82, 2.24) is 0 Å². The zero-order valence-corrected chi connectivity index (χ0v) is 11.4. The van der Waals surface area contributed by atoms with E-state index in [0.29, 0.717) is 23.7 Å². The van der Waals surface area contributed by atoms with E-state index in [-0.39, 0.29) is 5.60 Å². The van der Waals surface area contributed by atoms with Crippen molar-refractivity contribution in [2.45, 2.75) is 50.0 Å². The fourth-order valence-electron chi connectivity index (χ4n) is 5.83. The predicted molar refractivity (Wildman–Crippen MR) is 74.9 cm³/mol. The van der Waals surface area contributed by atoms with E-state index in [0.717, 1.165) is 5.92 Å². The molecule has 1 nitrogen and oxygen atoms in total. The van der Waals surface area contributed by atoms with Crippen LogP contribution in [0.5, 0.6) is 0 Å². The van der Waals surface area contributed by atoms with Crippen molar-refractivity contribution >= 4 is 0 Å². The second-order valence-electron chi connectivity index (χ2n) is 7.34. The van der Waals surface area contributed by atoms with E-state index < -0.39 is 0 Å². The van der Waals surface area contributed by atoms with Crippen molar-refractivity contribution in [1.29, 1.82) is 0 Å². The molecule has 19 heavy (non-hydrogen) atoms. The molecule has 5 atom stereocenters. The molecular formula is C18H22O. The molecule has 4 aliphatic carbocycles. The van der Waals surface area contributed by atoms with Gasteiger partial charge in [-0.2, -0.15) is 0 Å². The molecule has 0 spiro atoms. The van der Waals surface area contributed by atoms with Crippen molar-refractivity contribution in [3.05, 3.63) is 35.4 Å². The van der Waals surface area contributed by atoms with E-state index in [1.54, 1.807) is 11.1 Å². The van der Waals surface area contributed by atoms with Gasteiger partial charge >= 0.3 is 0 Å². The molecule has 1 N–H and O–H groups in total. The Morgan fingerprint density at radius 3 is 2.53 bits per heavy atom. The van der Waals surface area contributed by atoms with E-state index in [9.17, 15) is 5.11 Å². The number of fused-ring (bicyclic) bond motifs is 4. The lowest BCUT2D eigenvalue weighted by Crippen LogP contribution is -2.18. The first-order valence-corrected chi connectivity index (χ1v) is 8.12. The first-order chi connectivity index (χ1) is 9.32. The van der Waals surface area contributed by atoms with Gasteiger partial charge in [-0.05, 0) is 66.4 Å². The Kier molecular flexibility index (Phi) is 1.97. The third-order valence-corrected chi connectivity index (χ3v) is 6.71. The van der Waals surface area contributed by atoms with E-state index >= 15 is 0 Å². The summed E-state index contributed by atoms with van der Waals surface area (Å²) in [6.07, 6.45) is 7.83. The first kappa shape index (κ1) is 10.9. The predicted octanol–water partition coefficient (Wildman–Crippen LogP) is 3.51. The molecule has 5 rings (SSSR count). The van der Waals surface area contributed by atoms with Gasteiger partial charge in [0, 0.05) is 0 Å². The molecular weight excluding hydrogens is 232 g/mol. The first-order valence-electron chi connectivity index (χ1n) is 8.12. The summed E-state index contributed by atoms with van der Waals surface area (Å²) in [6.45, 7) is 0. The van der Waals surface area contributed by atoms with Crippen LogP contribution in [0.15, 0.2) is 24.3 Å². The molecule has 1 heteroatoms. The number of benzene rings is 1. The monoisotopic (exact) mass is 254 g/mol. The molecule has 0 aromatic heterocycles. The van der Waals surface area contributed by atoms with Gasteiger partial charge in [0.1, 0.15) is 0 Å². The van der Waals surface area contributed by atoms with Crippen LogP contribution < -0.4 is 0 Å². The average Bonchev–Trinajstić information content (AvgIpc) is 3.34. The Bertz CT molecular complexity index is 522. The van der Waals surface area contributed by atoms with Crippen molar-refractivity contribution < 1.29 is 5.11 Å². The number of aliphatic hydroxyl groups is 1. The highest BCUT2D eigenvalue weighted by Gasteiger charge is 2.76. The van der Waals surface area contributed by atoms with E-state index in [2.05, 4.69) is 24.3 Å². The normalized spacial score (nSPS) is 49.8. The van der Waals surface area contributed by atoms with Crippen LogP contribution in [0, 0.1) is 23.7 Å². The molecule has 0 heterocycles. The molecule has 0 aliphatic heterocycles. The van der Waals surface area contributed by atoms with Gasteiger partial charge in [-0.25, -0.2) is 0 Å². The van der Waals surface area contributed by atoms with E-state index in [1.807, 2.05) is 0 Å². The largest absolute Gasteiger partial charge is 0.389 e. The van der Waals surface area contributed by atoms with Crippen molar-refractivity contribution in [3.8, 4) is 0 Å². The minimum absolute atomic E-state index is 0.261. The maximum atomic E-state index is 11.2. The van der Waals surface area contributed by atoms with Crippen LogP contribution >= 0.6 is 0 Å². The molecule has 0 bridgehead atoms. The van der Waals surface area contributed by atoms with Crippen molar-refractivity contribution in [2.24, 2.45) is 23.7 Å². The molecule has 1 aromatic carbocycles. The van der Waals surface area contributed by atoms with E-state index in [1.165, 1.54) is 38.5 Å². The Morgan fingerprint density at radius 1 is 1.00 bits per heavy atom. The van der Waals surface area contributed by atoms with Gasteiger partial charge in [0.15, 0.2) is 0 Å². The minimum atomic E-state index is -0.261. The summed E-state index contributed by atoms with van der Waals surface area (Å²) in [5.41, 5.74) is 2.86. The highest BCUT2D eigenvalue weighted by atomic mass is 16.3. The van der Waals surface area contributed by atoms with Crippen LogP contribution in [0.2, 0.25) is 0 Å². The highest BCUT2D eigenvalue weighted by molar-refractivity contribution is 5.43. The molecule has 0 amide bonds. The maximum absolute atomic E-state index is 11.2. The van der Waals surface area contributed by atoms with Crippen molar-refractivity contribution in [3.63, 3.8) is 0 Å². The summed E-state index contributed by atoms with van der Waals surface area (Å²) < 4.78 is 0. The lowest BCUT2D eigenvalue weighted by Gasteiger charge is -2.13. The fraction of sp³-hybridized carbons (Fsp3) is 0.667. The Labute approximate surface area is 115 Å². The standard InChI is InChI=1S/C18H22O/c19-18(14-7-3-4-8-15(14)18)17-13-10-9-11-5-1-2-6-12(11)16(13)17/h1-2,5-6,13-17,19H,3-4,7-10H2. The van der Waals surface area contributed by atoms with E-state index in [4.69, 9.17) is 0 Å². The van der Waals surface area contributed by atoms with Gasteiger partial charge in [-0.15, -0.1) is 0 Å². The summed E-state index contributed by atoms with van der Waals surface area (Å²) in [4.78, 5) is 0. The lowest BCUT2D eigenvalue weighted by molar-refractivity contribution is 0.0865. The molecule has 5 unspecified atom stereocenters. The van der Waals surface area contributed by atoms with Gasteiger partial charge in [0.05, 0.1) is 5.60 Å². The van der Waals surface area contributed by atoms with Crippen LogP contribution in [0.1, 0.15) is 49.1 Å². The van der Waals surface area contributed by atoms with Crippen molar-refractivity contribution in [2.75, 3.05) is 0 Å². The molecule has 0 saturated heterocycles. The molecule has 4 aliphatic rings. The highest BCUT2D eigenvalue weighted by Crippen LogP contribution is 2.75. The van der Waals surface area contributed by atoms with Gasteiger partial charge in [-0.3, -0.25) is 0 Å². The second-order valence-corrected chi connectivity index (χ2v) is 7.34. The molecule has 1 aromatic rings. The van der Waals surface area contributed by atoms with Gasteiger partial charge in [-0.1, -0.05) is 37.1 Å². The summed E-state index contributed by atoms with van der Waals surface area (Å²) in [5, 5.41) is 11.2. The minimum Gasteiger partial charge on any atom is -0.389 e. The molecule has 100 valence electrons. The number of aryl methyl sites for hydroxylation is 1. The smallest absolute Gasteiger partial charge is 0.0748 e. The SMILES string of the molecule is OC1(C2C3CCc4ccccc4C32)C2CCCCC21. The number of rotatable bonds is 1. The number of hydrogen-bond acceptors (Lipinski definition) is 1. The zero-order chi connectivity index (χ0) is 12.6. The summed E-state index contributed by atoms with van der Waals surface area (Å²) in [5.74, 6) is 3.41. The third-order valence-electron chi connectivity index (χ3n) is 6.71. The van der Waals surface area contributed by atoms with Gasteiger partial charge < -0.3 is 5.11 Å². The summed E-state index contributed by atoms with van der Waals surface area (Å²) in [6, 6.07) is 8.97. The number of hydrogen-bond donors (Lipinski definition) is 1. The lowest BCUT2D eigenvalue weighted by atomic mass is 9.92. The topological polar surface area (TPSA) is 20.2 Å². The summed E-state index contributed by atoms with van der Waals surface area (Å²) >= 11 is 0. The summed E-state index contributed by atoms with van der Waals surface area (Å²) in [7, 11) is 0. The Morgan fingerprint density at radius 2 is 1.74 bits per heavy atom. The van der Waals surface area contributed by atoms with Crippen LogP contribution in [-0.4, -0.2) is 10.7 Å². The Hall–Kier alpha value is -0.820. The Balaban J connectivity index is 1.48. The molecule has 0 radical (unpaired) electrons. The van der Waals surface area contributed by atoms with Crippen LogP contribution in [-0.2, 0) is 6.42 Å². The van der Waals surface area contributed by atoms with Crippen LogP contribution in [0.25, 0.3) is 0 Å².